The zero-order valence-electron chi connectivity index (χ0n) is 13.9. The van der Waals surface area contributed by atoms with Gasteiger partial charge in [0.2, 0.25) is 0 Å². The molecule has 1 saturated heterocycles. The van der Waals surface area contributed by atoms with E-state index in [-0.39, 0.29) is 12.2 Å². The van der Waals surface area contributed by atoms with Crippen molar-refractivity contribution in [2.45, 2.75) is 51.2 Å². The van der Waals surface area contributed by atoms with Gasteiger partial charge in [0.25, 0.3) is 0 Å². The van der Waals surface area contributed by atoms with Gasteiger partial charge >= 0.3 is 0 Å². The molecule has 24 heavy (non-hydrogen) atoms. The van der Waals surface area contributed by atoms with Crippen LogP contribution in [0.2, 0.25) is 0 Å². The van der Waals surface area contributed by atoms with E-state index in [4.69, 9.17) is 14.0 Å². The molecule has 0 unspecified atom stereocenters. The van der Waals surface area contributed by atoms with Crippen LogP contribution in [-0.2, 0) is 22.6 Å². The summed E-state index contributed by atoms with van der Waals surface area (Å²) in [5, 5.41) is 4.14. The first-order chi connectivity index (χ1) is 11.8. The predicted octanol–water partition coefficient (Wildman–Crippen LogP) is 2.33. The SMILES string of the molecule is Cc1cc(CN2CCO[C@H]3CC[C@H]2[C@H]3OCc2ccncc2)no1. The van der Waals surface area contributed by atoms with E-state index < -0.39 is 0 Å². The van der Waals surface area contributed by atoms with Gasteiger partial charge in [0.1, 0.15) is 5.76 Å². The molecule has 6 heteroatoms. The molecule has 0 radical (unpaired) electrons. The van der Waals surface area contributed by atoms with E-state index in [2.05, 4.69) is 15.0 Å². The van der Waals surface area contributed by atoms with Crippen molar-refractivity contribution >= 4 is 0 Å². The molecule has 0 amide bonds. The topological polar surface area (TPSA) is 60.6 Å². The van der Waals surface area contributed by atoms with Crippen LogP contribution in [0.5, 0.6) is 0 Å². The Bertz CT molecular complexity index is 661. The van der Waals surface area contributed by atoms with Gasteiger partial charge in [-0.15, -0.1) is 0 Å². The first-order valence-electron chi connectivity index (χ1n) is 8.58. The number of pyridine rings is 1. The maximum Gasteiger partial charge on any atom is 0.133 e. The Morgan fingerprint density at radius 2 is 2.17 bits per heavy atom. The number of nitrogens with zero attached hydrogens (tertiary/aromatic N) is 3. The van der Waals surface area contributed by atoms with Crippen LogP contribution in [0, 0.1) is 6.92 Å². The monoisotopic (exact) mass is 329 g/mol. The van der Waals surface area contributed by atoms with Crippen molar-refractivity contribution in [2.75, 3.05) is 13.2 Å². The largest absolute Gasteiger partial charge is 0.374 e. The van der Waals surface area contributed by atoms with Gasteiger partial charge in [0, 0.05) is 37.6 Å². The average Bonchev–Trinajstić information content (AvgIpc) is 3.13. The summed E-state index contributed by atoms with van der Waals surface area (Å²) >= 11 is 0. The molecule has 0 aromatic carbocycles. The van der Waals surface area contributed by atoms with Crippen LogP contribution in [-0.4, -0.2) is 46.4 Å². The van der Waals surface area contributed by atoms with Gasteiger partial charge in [-0.2, -0.15) is 0 Å². The summed E-state index contributed by atoms with van der Waals surface area (Å²) in [5.74, 6) is 0.853. The summed E-state index contributed by atoms with van der Waals surface area (Å²) < 4.78 is 17.5. The fourth-order valence-corrected chi connectivity index (χ4v) is 3.75. The zero-order chi connectivity index (χ0) is 16.4. The van der Waals surface area contributed by atoms with E-state index >= 15 is 0 Å². The van der Waals surface area contributed by atoms with Crippen LogP contribution in [0.3, 0.4) is 0 Å². The molecule has 0 spiro atoms. The lowest BCUT2D eigenvalue weighted by atomic mass is 10.1. The first kappa shape index (κ1) is 15.7. The molecular weight excluding hydrogens is 306 g/mol. The summed E-state index contributed by atoms with van der Waals surface area (Å²) in [4.78, 5) is 6.49. The first-order valence-corrected chi connectivity index (χ1v) is 8.58. The molecule has 3 heterocycles. The lowest BCUT2D eigenvalue weighted by molar-refractivity contribution is -0.0614. The van der Waals surface area contributed by atoms with Gasteiger partial charge in [-0.1, -0.05) is 5.16 Å². The molecule has 1 saturated carbocycles. The molecule has 6 nitrogen and oxygen atoms in total. The molecule has 1 aliphatic carbocycles. The van der Waals surface area contributed by atoms with Gasteiger partial charge in [-0.25, -0.2) is 0 Å². The van der Waals surface area contributed by atoms with Crippen molar-refractivity contribution < 1.29 is 14.0 Å². The number of fused-ring (bicyclic) bond motifs is 2. The molecule has 2 aromatic heterocycles. The van der Waals surface area contributed by atoms with Crippen LogP contribution in [0.25, 0.3) is 0 Å². The average molecular weight is 329 g/mol. The number of ether oxygens (including phenoxy) is 2. The van der Waals surface area contributed by atoms with Gasteiger partial charge in [-0.3, -0.25) is 9.88 Å². The molecule has 4 rings (SSSR count). The van der Waals surface area contributed by atoms with Crippen LogP contribution in [0.4, 0.5) is 0 Å². The van der Waals surface area contributed by atoms with Crippen molar-refractivity contribution in [1.29, 1.82) is 0 Å². The smallest absolute Gasteiger partial charge is 0.133 e. The highest BCUT2D eigenvalue weighted by Gasteiger charge is 2.43. The maximum atomic E-state index is 6.27. The number of hydrogen-bond donors (Lipinski definition) is 0. The second kappa shape index (κ2) is 7.01. The van der Waals surface area contributed by atoms with Crippen LogP contribution in [0.15, 0.2) is 35.1 Å². The lowest BCUT2D eigenvalue weighted by Crippen LogP contribution is -2.42. The van der Waals surface area contributed by atoms with Gasteiger partial charge in [0.15, 0.2) is 0 Å². The van der Waals surface area contributed by atoms with Gasteiger partial charge in [-0.05, 0) is 37.5 Å². The Morgan fingerprint density at radius 1 is 1.29 bits per heavy atom. The Labute approximate surface area is 141 Å². The number of aryl methyl sites for hydroxylation is 1. The molecular formula is C18H23N3O3. The fraction of sp³-hybridized carbons (Fsp3) is 0.556. The third kappa shape index (κ3) is 3.36. The second-order valence-corrected chi connectivity index (χ2v) is 6.58. The molecule has 0 N–H and O–H groups in total. The van der Waals surface area contributed by atoms with Crippen molar-refractivity contribution in [3.63, 3.8) is 0 Å². The van der Waals surface area contributed by atoms with Crippen LogP contribution >= 0.6 is 0 Å². The maximum absolute atomic E-state index is 6.27. The minimum absolute atomic E-state index is 0.105. The van der Waals surface area contributed by atoms with E-state index in [1.165, 1.54) is 0 Å². The van der Waals surface area contributed by atoms with Crippen molar-refractivity contribution in [3.05, 3.63) is 47.6 Å². The number of hydrogen-bond acceptors (Lipinski definition) is 6. The Hall–Kier alpha value is -1.76. The van der Waals surface area contributed by atoms with E-state index in [0.29, 0.717) is 12.6 Å². The number of aromatic nitrogens is 2. The highest BCUT2D eigenvalue weighted by molar-refractivity contribution is 5.09. The minimum atomic E-state index is 0.105. The van der Waals surface area contributed by atoms with Crippen LogP contribution in [0.1, 0.15) is 29.9 Å². The molecule has 2 bridgehead atoms. The molecule has 1 aliphatic heterocycles. The zero-order valence-corrected chi connectivity index (χ0v) is 13.9. The number of rotatable bonds is 5. The normalized spacial score (nSPS) is 27.3. The van der Waals surface area contributed by atoms with Crippen molar-refractivity contribution in [3.8, 4) is 0 Å². The molecule has 2 aliphatic rings. The molecule has 128 valence electrons. The van der Waals surface area contributed by atoms with Crippen LogP contribution < -0.4 is 0 Å². The Morgan fingerprint density at radius 3 is 2.96 bits per heavy atom. The van der Waals surface area contributed by atoms with E-state index in [1.807, 2.05) is 25.1 Å². The molecule has 2 fully saturated rings. The van der Waals surface area contributed by atoms with Gasteiger partial charge in [0.05, 0.1) is 31.1 Å². The third-order valence-electron chi connectivity index (χ3n) is 4.91. The summed E-state index contributed by atoms with van der Waals surface area (Å²) in [7, 11) is 0. The summed E-state index contributed by atoms with van der Waals surface area (Å²) in [5.41, 5.74) is 2.12. The highest BCUT2D eigenvalue weighted by atomic mass is 16.5. The van der Waals surface area contributed by atoms with Gasteiger partial charge < -0.3 is 14.0 Å². The van der Waals surface area contributed by atoms with Crippen molar-refractivity contribution in [1.82, 2.24) is 15.0 Å². The fourth-order valence-electron chi connectivity index (χ4n) is 3.75. The second-order valence-electron chi connectivity index (χ2n) is 6.58. The predicted molar refractivity (Wildman–Crippen MR) is 87.2 cm³/mol. The standard InChI is InChI=1S/C18H23N3O3/c1-13-10-15(20-24-13)11-21-8-9-22-17-3-2-16(21)18(17)23-12-14-4-6-19-7-5-14/h4-7,10,16-18H,2-3,8-9,11-12H2,1H3/t16-,17-,18+/m0/s1. The molecule has 2 aromatic rings. The Kier molecular flexibility index (Phi) is 4.60. The molecule has 3 atom stereocenters. The third-order valence-corrected chi connectivity index (χ3v) is 4.91. The Balaban J connectivity index is 1.45. The van der Waals surface area contributed by atoms with Crippen molar-refractivity contribution in [2.24, 2.45) is 0 Å². The summed E-state index contributed by atoms with van der Waals surface area (Å²) in [6.07, 6.45) is 6.06. The summed E-state index contributed by atoms with van der Waals surface area (Å²) in [6, 6.07) is 6.37. The van der Waals surface area contributed by atoms with E-state index in [9.17, 15) is 0 Å². The van der Waals surface area contributed by atoms with E-state index in [1.54, 1.807) is 12.4 Å². The quantitative estimate of drug-likeness (QED) is 0.839. The minimum Gasteiger partial charge on any atom is -0.374 e. The lowest BCUT2D eigenvalue weighted by Gasteiger charge is -2.30. The van der Waals surface area contributed by atoms with E-state index in [0.717, 1.165) is 49.6 Å². The highest BCUT2D eigenvalue weighted by Crippen LogP contribution is 2.33. The summed E-state index contributed by atoms with van der Waals surface area (Å²) in [6.45, 7) is 4.96.